The van der Waals surface area contributed by atoms with E-state index in [2.05, 4.69) is 20.4 Å². The Labute approximate surface area is 111 Å². The lowest BCUT2D eigenvalue weighted by Crippen LogP contribution is -2.22. The number of nitrogens with zero attached hydrogens (tertiary/aromatic N) is 5. The van der Waals surface area contributed by atoms with Gasteiger partial charge in [0.05, 0.1) is 0 Å². The van der Waals surface area contributed by atoms with Crippen molar-refractivity contribution in [3.8, 4) is 5.82 Å². The number of rotatable bonds is 3. The molecule has 0 saturated heterocycles. The molecule has 0 aliphatic rings. The van der Waals surface area contributed by atoms with Gasteiger partial charge in [0, 0.05) is 39.1 Å². The molecule has 0 aromatic carbocycles. The van der Waals surface area contributed by atoms with Gasteiger partial charge < -0.3 is 10.2 Å². The lowest BCUT2D eigenvalue weighted by Gasteiger charge is -2.07. The summed E-state index contributed by atoms with van der Waals surface area (Å²) < 4.78 is 1.56. The molecule has 1 amide bonds. The van der Waals surface area contributed by atoms with Gasteiger partial charge in [0.2, 0.25) is 5.95 Å². The van der Waals surface area contributed by atoms with E-state index >= 15 is 0 Å². The largest absolute Gasteiger partial charge is 0.357 e. The maximum Gasteiger partial charge on any atom is 0.273 e. The zero-order valence-electron chi connectivity index (χ0n) is 11.4. The zero-order valence-corrected chi connectivity index (χ0v) is 11.4. The van der Waals surface area contributed by atoms with Crippen LogP contribution in [0, 0.1) is 6.92 Å². The summed E-state index contributed by atoms with van der Waals surface area (Å²) in [5.74, 6) is 0.999. The summed E-state index contributed by atoms with van der Waals surface area (Å²) in [4.78, 5) is 21.8. The van der Waals surface area contributed by atoms with Gasteiger partial charge in [-0.15, -0.1) is 0 Å². The first-order valence-corrected chi connectivity index (χ1v) is 5.82. The Bertz CT molecular complexity index is 604. The van der Waals surface area contributed by atoms with Crippen molar-refractivity contribution >= 4 is 11.9 Å². The molecule has 1 N–H and O–H groups in total. The van der Waals surface area contributed by atoms with Crippen molar-refractivity contribution in [3.63, 3.8) is 0 Å². The van der Waals surface area contributed by atoms with E-state index in [4.69, 9.17) is 0 Å². The molecule has 0 spiro atoms. The molecule has 0 bridgehead atoms. The molecule has 2 aromatic heterocycles. The molecule has 0 saturated carbocycles. The van der Waals surface area contributed by atoms with Crippen LogP contribution < -0.4 is 5.32 Å². The molecule has 7 nitrogen and oxygen atoms in total. The maximum atomic E-state index is 11.8. The van der Waals surface area contributed by atoms with Crippen LogP contribution in [-0.2, 0) is 0 Å². The van der Waals surface area contributed by atoms with Crippen molar-refractivity contribution in [2.45, 2.75) is 6.92 Å². The van der Waals surface area contributed by atoms with Gasteiger partial charge >= 0.3 is 0 Å². The van der Waals surface area contributed by atoms with Crippen LogP contribution in [0.4, 0.5) is 5.95 Å². The molecule has 100 valence electrons. The summed E-state index contributed by atoms with van der Waals surface area (Å²) in [6, 6.07) is 3.47. The predicted octanol–water partition coefficient (Wildman–Crippen LogP) is 0.714. The molecule has 0 atom stereocenters. The molecular formula is C12H16N6O. The number of aryl methyl sites for hydroxylation is 1. The number of hydrogen-bond donors (Lipinski definition) is 1. The normalized spacial score (nSPS) is 10.3. The number of aromatic nitrogens is 4. The van der Waals surface area contributed by atoms with E-state index in [0.29, 0.717) is 17.5 Å². The first-order valence-electron chi connectivity index (χ1n) is 5.82. The van der Waals surface area contributed by atoms with E-state index in [1.54, 1.807) is 44.2 Å². The highest BCUT2D eigenvalue weighted by molar-refractivity contribution is 5.91. The Kier molecular flexibility index (Phi) is 3.46. The van der Waals surface area contributed by atoms with Crippen LogP contribution in [-0.4, -0.2) is 51.7 Å². The molecule has 2 heterocycles. The van der Waals surface area contributed by atoms with Crippen LogP contribution in [0.2, 0.25) is 0 Å². The fourth-order valence-electron chi connectivity index (χ4n) is 1.58. The highest BCUT2D eigenvalue weighted by atomic mass is 16.2. The number of carbonyl (C=O) groups excluding carboxylic acids is 1. The lowest BCUT2D eigenvalue weighted by atomic mass is 10.4. The fourth-order valence-corrected chi connectivity index (χ4v) is 1.58. The molecule has 19 heavy (non-hydrogen) atoms. The fraction of sp³-hybridized carbons (Fsp3) is 0.333. The number of anilines is 1. The summed E-state index contributed by atoms with van der Waals surface area (Å²) in [5, 5.41) is 7.11. The van der Waals surface area contributed by atoms with Crippen LogP contribution in [0.5, 0.6) is 0 Å². The van der Waals surface area contributed by atoms with Crippen LogP contribution in [0.3, 0.4) is 0 Å². The van der Waals surface area contributed by atoms with Crippen LogP contribution in [0.15, 0.2) is 18.3 Å². The summed E-state index contributed by atoms with van der Waals surface area (Å²) in [7, 11) is 5.13. The first kappa shape index (κ1) is 13.0. The van der Waals surface area contributed by atoms with E-state index < -0.39 is 0 Å². The summed E-state index contributed by atoms with van der Waals surface area (Å²) in [5.41, 5.74) is 1.21. The van der Waals surface area contributed by atoms with E-state index in [9.17, 15) is 4.79 Å². The van der Waals surface area contributed by atoms with Crippen LogP contribution in [0.1, 0.15) is 16.2 Å². The SMILES string of the molecule is CNc1nc(C)cc(-n2ccc(C(=O)N(C)C)n2)n1. The van der Waals surface area contributed by atoms with Crippen molar-refractivity contribution in [1.82, 2.24) is 24.6 Å². The van der Waals surface area contributed by atoms with E-state index in [1.807, 2.05) is 6.92 Å². The lowest BCUT2D eigenvalue weighted by molar-refractivity contribution is 0.0821. The van der Waals surface area contributed by atoms with Gasteiger partial charge in [-0.25, -0.2) is 9.67 Å². The summed E-state index contributed by atoms with van der Waals surface area (Å²) in [6.07, 6.45) is 1.71. The van der Waals surface area contributed by atoms with Gasteiger partial charge in [-0.05, 0) is 13.0 Å². The maximum absolute atomic E-state index is 11.8. The second-order valence-corrected chi connectivity index (χ2v) is 4.29. The molecule has 7 heteroatoms. The Hall–Kier alpha value is -2.44. The molecular weight excluding hydrogens is 244 g/mol. The van der Waals surface area contributed by atoms with Gasteiger partial charge in [0.1, 0.15) is 0 Å². The Morgan fingerprint density at radius 2 is 2.11 bits per heavy atom. The Morgan fingerprint density at radius 3 is 2.74 bits per heavy atom. The molecule has 0 aliphatic heterocycles. The van der Waals surface area contributed by atoms with Crippen molar-refractivity contribution in [2.24, 2.45) is 0 Å². The quantitative estimate of drug-likeness (QED) is 0.879. The number of nitrogens with one attached hydrogen (secondary N) is 1. The summed E-state index contributed by atoms with van der Waals surface area (Å²) >= 11 is 0. The van der Waals surface area contributed by atoms with Crippen LogP contribution in [0.25, 0.3) is 5.82 Å². The molecule has 2 rings (SSSR count). The number of carbonyl (C=O) groups is 1. The minimum Gasteiger partial charge on any atom is -0.357 e. The minimum absolute atomic E-state index is 0.140. The average molecular weight is 260 g/mol. The van der Waals surface area contributed by atoms with Crippen molar-refractivity contribution < 1.29 is 4.79 Å². The minimum atomic E-state index is -0.140. The molecule has 0 aliphatic carbocycles. The third-order valence-electron chi connectivity index (χ3n) is 2.51. The monoisotopic (exact) mass is 260 g/mol. The third-order valence-corrected chi connectivity index (χ3v) is 2.51. The highest BCUT2D eigenvalue weighted by Crippen LogP contribution is 2.10. The van der Waals surface area contributed by atoms with E-state index in [0.717, 1.165) is 5.69 Å². The van der Waals surface area contributed by atoms with Gasteiger partial charge in [0.25, 0.3) is 5.91 Å². The second-order valence-electron chi connectivity index (χ2n) is 4.29. The predicted molar refractivity (Wildman–Crippen MR) is 71.5 cm³/mol. The number of hydrogen-bond acceptors (Lipinski definition) is 5. The van der Waals surface area contributed by atoms with Gasteiger partial charge in [-0.2, -0.15) is 10.1 Å². The van der Waals surface area contributed by atoms with Crippen molar-refractivity contribution in [1.29, 1.82) is 0 Å². The third kappa shape index (κ3) is 2.70. The topological polar surface area (TPSA) is 75.9 Å². The highest BCUT2D eigenvalue weighted by Gasteiger charge is 2.12. The van der Waals surface area contributed by atoms with E-state index in [1.165, 1.54) is 4.90 Å². The van der Waals surface area contributed by atoms with Crippen molar-refractivity contribution in [3.05, 3.63) is 29.7 Å². The van der Waals surface area contributed by atoms with E-state index in [-0.39, 0.29) is 5.91 Å². The molecule has 0 radical (unpaired) electrons. The molecule has 0 unspecified atom stereocenters. The number of amides is 1. The molecule has 0 fully saturated rings. The van der Waals surface area contributed by atoms with Crippen LogP contribution >= 0.6 is 0 Å². The summed E-state index contributed by atoms with van der Waals surface area (Å²) in [6.45, 7) is 1.88. The van der Waals surface area contributed by atoms with Gasteiger partial charge in [0.15, 0.2) is 11.5 Å². The Balaban J connectivity index is 2.37. The van der Waals surface area contributed by atoms with Gasteiger partial charge in [-0.3, -0.25) is 4.79 Å². The smallest absolute Gasteiger partial charge is 0.273 e. The zero-order chi connectivity index (χ0) is 14.0. The average Bonchev–Trinajstić information content (AvgIpc) is 2.86. The standard InChI is InChI=1S/C12H16N6O/c1-8-7-10(15-12(13-2)14-8)18-6-5-9(16-18)11(19)17(3)4/h5-7H,1-4H3,(H,13,14,15). The van der Waals surface area contributed by atoms with Crippen molar-refractivity contribution in [2.75, 3.05) is 26.5 Å². The first-order chi connectivity index (χ1) is 9.01. The van der Waals surface area contributed by atoms with Gasteiger partial charge in [-0.1, -0.05) is 0 Å². The molecule has 2 aromatic rings. The Morgan fingerprint density at radius 1 is 1.37 bits per heavy atom. The second kappa shape index (κ2) is 5.05.